The zero-order valence-electron chi connectivity index (χ0n) is 57.3. The molecule has 0 aromatic rings. The van der Waals surface area contributed by atoms with Crippen molar-refractivity contribution in [3.8, 4) is 0 Å². The average Bonchev–Trinajstić information content (AvgIpc) is 0.937. The van der Waals surface area contributed by atoms with Gasteiger partial charge >= 0.3 is 0 Å². The van der Waals surface area contributed by atoms with Gasteiger partial charge in [-0.15, -0.1) is 23.2 Å². The molecule has 4 N–H and O–H groups in total. The Morgan fingerprint density at radius 2 is 1.05 bits per heavy atom. The van der Waals surface area contributed by atoms with Crippen molar-refractivity contribution >= 4 is 88.2 Å². The molecule has 91 heavy (non-hydrogen) atoms. The quantitative estimate of drug-likeness (QED) is 0.159. The summed E-state index contributed by atoms with van der Waals surface area (Å²) in [5, 5.41) is 10.9. The summed E-state index contributed by atoms with van der Waals surface area (Å²) in [6.07, 6.45) is 8.55. The molecule has 0 aromatic heterocycles. The van der Waals surface area contributed by atoms with E-state index in [0.29, 0.717) is 44.9 Å². The Morgan fingerprint density at radius 1 is 0.495 bits per heavy atom. The summed E-state index contributed by atoms with van der Waals surface area (Å²) in [5.74, 6) is -7.94. The van der Waals surface area contributed by atoms with Crippen molar-refractivity contribution < 1.29 is 57.1 Å². The minimum absolute atomic E-state index is 0.0267. The molecule has 4 rings (SSSR count). The first-order chi connectivity index (χ1) is 42.7. The van der Waals surface area contributed by atoms with Crippen molar-refractivity contribution in [3.63, 3.8) is 0 Å². The van der Waals surface area contributed by atoms with E-state index >= 15 is 14.0 Å². The summed E-state index contributed by atoms with van der Waals surface area (Å²) in [7, 11) is 10.2. The van der Waals surface area contributed by atoms with Crippen LogP contribution in [0.2, 0.25) is 0 Å². The van der Waals surface area contributed by atoms with Crippen LogP contribution >= 0.6 is 23.2 Å². The Kier molecular flexibility index (Phi) is 31.7. The molecule has 1 saturated heterocycles. The predicted octanol–water partition coefficient (Wildman–Crippen LogP) is 5.87. The first-order valence-electron chi connectivity index (χ1n) is 33.6. The molecule has 25 heteroatoms. The van der Waals surface area contributed by atoms with Crippen LogP contribution in [0.25, 0.3) is 0 Å². The lowest BCUT2D eigenvalue weighted by Gasteiger charge is -2.38. The zero-order chi connectivity index (χ0) is 68.3. The van der Waals surface area contributed by atoms with Gasteiger partial charge in [-0.25, -0.2) is 4.39 Å². The van der Waals surface area contributed by atoms with Gasteiger partial charge in [-0.05, 0) is 127 Å². The highest BCUT2D eigenvalue weighted by Crippen LogP contribution is 2.36. The van der Waals surface area contributed by atoms with Crippen LogP contribution in [-0.2, 0) is 52.7 Å². The number of carbonyl (C=O) groups is 11. The van der Waals surface area contributed by atoms with Gasteiger partial charge in [-0.2, -0.15) is 0 Å². The van der Waals surface area contributed by atoms with Crippen molar-refractivity contribution in [2.45, 2.75) is 249 Å². The maximum Gasteiger partial charge on any atom is 0.245 e. The molecule has 22 nitrogen and oxygen atoms in total. The van der Waals surface area contributed by atoms with E-state index in [-0.39, 0.29) is 80.4 Å². The Bertz CT molecular complexity index is 2470. The molecule has 0 aromatic carbocycles. The molecule has 0 spiro atoms. The first-order valence-corrected chi connectivity index (χ1v) is 34.5. The van der Waals surface area contributed by atoms with E-state index in [1.165, 1.54) is 80.8 Å². The lowest BCUT2D eigenvalue weighted by atomic mass is 9.83. The second kappa shape index (κ2) is 36.9. The van der Waals surface area contributed by atoms with Gasteiger partial charge in [0.1, 0.15) is 48.5 Å². The fourth-order valence-corrected chi connectivity index (χ4v) is 13.9. The molecule has 3 aliphatic carbocycles. The van der Waals surface area contributed by atoms with E-state index in [1.807, 2.05) is 34.6 Å². The molecule has 518 valence electrons. The minimum atomic E-state index is -1.35. The van der Waals surface area contributed by atoms with Gasteiger partial charge in [0.15, 0.2) is 0 Å². The number of hydrogen-bond acceptors (Lipinski definition) is 11. The maximum atomic E-state index is 15.6. The molecular formula is C66H112Cl2FN11O11. The topological polar surface area (TPSA) is 259 Å². The molecule has 3 unspecified atom stereocenters. The summed E-state index contributed by atoms with van der Waals surface area (Å²) >= 11 is 13.2. The van der Waals surface area contributed by atoms with Crippen molar-refractivity contribution in [1.82, 2.24) is 55.6 Å². The lowest BCUT2D eigenvalue weighted by molar-refractivity contribution is -0.150. The lowest BCUT2D eigenvalue weighted by Crippen LogP contribution is -2.60. The van der Waals surface area contributed by atoms with Gasteiger partial charge in [0, 0.05) is 78.5 Å². The third-order valence-electron chi connectivity index (χ3n) is 19.6. The Balaban J connectivity index is 1.82. The summed E-state index contributed by atoms with van der Waals surface area (Å²) in [6, 6.07) is -8.81. The Labute approximate surface area is 552 Å². The number of carbonyl (C=O) groups excluding carboxylic acids is 11. The summed E-state index contributed by atoms with van der Waals surface area (Å²) in [6.45, 7) is 12.8. The van der Waals surface area contributed by atoms with Gasteiger partial charge in [0.25, 0.3) is 0 Å². The molecule has 4 fully saturated rings. The molecule has 11 amide bonds. The zero-order valence-corrected chi connectivity index (χ0v) is 58.8. The van der Waals surface area contributed by atoms with E-state index in [9.17, 15) is 43.2 Å². The van der Waals surface area contributed by atoms with Gasteiger partial charge in [-0.1, -0.05) is 80.1 Å². The van der Waals surface area contributed by atoms with Gasteiger partial charge < -0.3 is 55.6 Å². The smallest absolute Gasteiger partial charge is 0.245 e. The molecule has 0 bridgehead atoms. The number of amides is 11. The van der Waals surface area contributed by atoms with Crippen molar-refractivity contribution in [3.05, 3.63) is 0 Å². The van der Waals surface area contributed by atoms with Gasteiger partial charge in [-0.3, -0.25) is 52.7 Å². The number of rotatable bonds is 13. The first kappa shape index (κ1) is 78.1. The molecule has 3 saturated carbocycles. The van der Waals surface area contributed by atoms with Gasteiger partial charge in [0.2, 0.25) is 65.0 Å². The largest absolute Gasteiger partial charge is 0.351 e. The second-order valence-corrected chi connectivity index (χ2v) is 29.2. The fraction of sp³-hybridized carbons (Fsp3) is 0.833. The number of hydrogen-bond donors (Lipinski definition) is 4. The van der Waals surface area contributed by atoms with E-state index in [0.717, 1.165) is 41.9 Å². The van der Waals surface area contributed by atoms with Crippen LogP contribution in [0.5, 0.6) is 0 Å². The number of alkyl halides is 3. The monoisotopic (exact) mass is 1320 g/mol. The van der Waals surface area contributed by atoms with Crippen LogP contribution in [0.3, 0.4) is 0 Å². The van der Waals surface area contributed by atoms with Crippen molar-refractivity contribution in [2.75, 3.05) is 69.0 Å². The van der Waals surface area contributed by atoms with Crippen LogP contribution in [0.4, 0.5) is 4.39 Å². The fourth-order valence-electron chi connectivity index (χ4n) is 13.2. The molecular weight excluding hydrogens is 1210 g/mol. The molecule has 1 aliphatic heterocycles. The second-order valence-electron chi connectivity index (χ2n) is 28.0. The standard InChI is InChI=1S/C66H112Cl2FN11O11/c1-16-41(6)59-66(91)76(11)37-57(83)74(9)38-58(84)78(13)53(35-45-25-27-46(67)28-26-45)64(89)75(10)36-55(81)71-50(30-29-47-48(68)23-20-24-49(47)69)61(86)72-51(31-39(2)3)63(88)80(15)54(34-44-21-18-17-19-22-44)65(90)79(14)52(32-40(4)5)62(87)70-42(7)33-56(82)77(12)43(8)60(85)73-59/h39-54,59H,16-38H2,1-15H3,(H,70,87)(H,71,81)(H,72,86)(H,73,85)/t41-,42+,43-,45?,46?,47?,48?,49?,50-,51-,52-,53-,54-,59-/m0/s1. The van der Waals surface area contributed by atoms with Gasteiger partial charge in [0.05, 0.1) is 19.6 Å². The highest BCUT2D eigenvalue weighted by molar-refractivity contribution is 6.21. The van der Waals surface area contributed by atoms with E-state index < -0.39 is 156 Å². The van der Waals surface area contributed by atoms with Crippen LogP contribution in [0, 0.1) is 35.5 Å². The number of likely N-dealkylation sites (N-methyl/N-ethyl adjacent to an activating group) is 7. The van der Waals surface area contributed by atoms with Crippen LogP contribution in [0.1, 0.15) is 184 Å². The summed E-state index contributed by atoms with van der Waals surface area (Å²) in [4.78, 5) is 168. The van der Waals surface area contributed by atoms with Crippen molar-refractivity contribution in [2.24, 2.45) is 35.5 Å². The molecule has 4 aliphatic rings. The van der Waals surface area contributed by atoms with Crippen LogP contribution in [0.15, 0.2) is 0 Å². The molecule has 0 radical (unpaired) electrons. The van der Waals surface area contributed by atoms with Crippen LogP contribution in [-0.4, -0.2) is 234 Å². The number of nitrogens with zero attached hydrogens (tertiary/aromatic N) is 7. The summed E-state index contributed by atoms with van der Waals surface area (Å²) < 4.78 is 15.6. The highest BCUT2D eigenvalue weighted by Gasteiger charge is 2.42. The SMILES string of the molecule is CC[C@H](C)[C@@H]1NC(=O)[C@H](C)N(C)C(=O)C[C@@H](C)NC(=O)[C@H](CC(C)C)N(C)C(=O)[C@H](CC2CCCCC2)N(C)C(=O)[C@H](CC(C)C)NC(=O)[C@H](CCC2C(F)CCCC2Cl)NC(=O)CN(C)C(=O)[C@H](CC2CCC(Cl)CC2)N(C)C(=O)CN(C)C(=O)CN(C)C1=O. The number of nitrogens with one attached hydrogen (secondary N) is 4. The predicted molar refractivity (Wildman–Crippen MR) is 350 cm³/mol. The molecule has 12 atom stereocenters. The average molecular weight is 1330 g/mol. The van der Waals surface area contributed by atoms with E-state index in [4.69, 9.17) is 23.2 Å². The highest BCUT2D eigenvalue weighted by atomic mass is 35.5. The minimum Gasteiger partial charge on any atom is -0.351 e. The Hall–Kier alpha value is -5.32. The molecule has 1 heterocycles. The Morgan fingerprint density at radius 3 is 1.64 bits per heavy atom. The van der Waals surface area contributed by atoms with E-state index in [2.05, 4.69) is 21.3 Å². The maximum absolute atomic E-state index is 15.6. The summed E-state index contributed by atoms with van der Waals surface area (Å²) in [5.41, 5.74) is 0. The number of halogens is 3. The van der Waals surface area contributed by atoms with Crippen molar-refractivity contribution in [1.29, 1.82) is 0 Å². The van der Waals surface area contributed by atoms with Crippen LogP contribution < -0.4 is 21.3 Å². The third-order valence-corrected chi connectivity index (χ3v) is 20.6. The normalized spacial score (nSPS) is 31.0. The third kappa shape index (κ3) is 23.3. The van der Waals surface area contributed by atoms with E-state index in [1.54, 1.807) is 13.8 Å².